The van der Waals surface area contributed by atoms with Crippen molar-refractivity contribution in [2.45, 2.75) is 13.2 Å². The molecule has 5 heteroatoms. The maximum absolute atomic E-state index is 10.5. The van der Waals surface area contributed by atoms with Gasteiger partial charge in [0, 0.05) is 5.56 Å². The molecule has 1 atom stereocenters. The molecule has 0 bridgehead atoms. The van der Waals surface area contributed by atoms with Gasteiger partial charge in [0.05, 0.1) is 0 Å². The quantitative estimate of drug-likeness (QED) is 0.582. The van der Waals surface area contributed by atoms with E-state index in [1.807, 2.05) is 0 Å². The van der Waals surface area contributed by atoms with Gasteiger partial charge in [0.2, 0.25) is 0 Å². The zero-order valence-corrected chi connectivity index (χ0v) is 8.75. The Morgan fingerprint density at radius 1 is 1.56 bits per heavy atom. The monoisotopic (exact) mass is 224 g/mol. The van der Waals surface area contributed by atoms with Crippen LogP contribution in [-0.4, -0.2) is 30.3 Å². The van der Waals surface area contributed by atoms with Gasteiger partial charge in [-0.3, -0.25) is 4.79 Å². The van der Waals surface area contributed by atoms with E-state index < -0.39 is 18.9 Å². The standard InChI is InChI=1S/C11H12O5/c1-8(15-7-11(13)14)16-10-4-2-3-9(5-10)6-12/h2-6,8H,7H2,1H3,(H,13,14). The summed E-state index contributed by atoms with van der Waals surface area (Å²) in [5.41, 5.74) is 0.489. The van der Waals surface area contributed by atoms with Crippen molar-refractivity contribution in [2.24, 2.45) is 0 Å². The minimum atomic E-state index is -1.06. The molecule has 86 valence electrons. The number of carbonyl (C=O) groups is 2. The van der Waals surface area contributed by atoms with E-state index in [0.29, 0.717) is 17.6 Å². The Morgan fingerprint density at radius 2 is 2.31 bits per heavy atom. The Morgan fingerprint density at radius 3 is 2.94 bits per heavy atom. The van der Waals surface area contributed by atoms with E-state index in [4.69, 9.17) is 14.6 Å². The number of rotatable bonds is 6. The Balaban J connectivity index is 2.51. The van der Waals surface area contributed by atoms with Gasteiger partial charge in [-0.15, -0.1) is 0 Å². The number of benzene rings is 1. The predicted octanol–water partition coefficient (Wildman–Crippen LogP) is 1.33. The summed E-state index contributed by atoms with van der Waals surface area (Å²) in [6.45, 7) is 1.16. The summed E-state index contributed by atoms with van der Waals surface area (Å²) in [5, 5.41) is 8.38. The Labute approximate surface area is 92.6 Å². The molecule has 0 spiro atoms. The molecule has 0 saturated carbocycles. The van der Waals surface area contributed by atoms with Gasteiger partial charge >= 0.3 is 5.97 Å². The number of hydrogen-bond donors (Lipinski definition) is 1. The molecule has 1 unspecified atom stereocenters. The van der Waals surface area contributed by atoms with E-state index in [1.165, 1.54) is 0 Å². The Kier molecular flexibility index (Phi) is 4.47. The van der Waals surface area contributed by atoms with E-state index in [-0.39, 0.29) is 0 Å². The molecule has 0 amide bonds. The zero-order chi connectivity index (χ0) is 12.0. The fourth-order valence-electron chi connectivity index (χ4n) is 1.08. The van der Waals surface area contributed by atoms with Crippen LogP contribution in [0, 0.1) is 0 Å². The number of aldehydes is 1. The molecule has 0 heterocycles. The second-order valence-corrected chi connectivity index (χ2v) is 3.08. The van der Waals surface area contributed by atoms with E-state index in [0.717, 1.165) is 0 Å². The first kappa shape index (κ1) is 12.2. The van der Waals surface area contributed by atoms with Crippen LogP contribution >= 0.6 is 0 Å². The van der Waals surface area contributed by atoms with Crippen LogP contribution in [0.2, 0.25) is 0 Å². The summed E-state index contributed by atoms with van der Waals surface area (Å²) in [6, 6.07) is 6.52. The van der Waals surface area contributed by atoms with Gasteiger partial charge in [-0.25, -0.2) is 4.79 Å². The van der Waals surface area contributed by atoms with Gasteiger partial charge in [0.1, 0.15) is 18.6 Å². The first-order valence-electron chi connectivity index (χ1n) is 4.67. The molecule has 0 radical (unpaired) electrons. The third-order valence-corrected chi connectivity index (χ3v) is 1.74. The summed E-state index contributed by atoms with van der Waals surface area (Å²) < 4.78 is 10.1. The van der Waals surface area contributed by atoms with Crippen LogP contribution in [0.5, 0.6) is 5.75 Å². The van der Waals surface area contributed by atoms with Crippen LogP contribution < -0.4 is 4.74 Å². The van der Waals surface area contributed by atoms with Crippen molar-refractivity contribution in [2.75, 3.05) is 6.61 Å². The maximum atomic E-state index is 10.5. The lowest BCUT2D eigenvalue weighted by Gasteiger charge is -2.14. The molecule has 0 aromatic heterocycles. The Bertz CT molecular complexity index is 374. The molecule has 1 aromatic carbocycles. The molecule has 1 N–H and O–H groups in total. The van der Waals surface area contributed by atoms with E-state index in [9.17, 15) is 9.59 Å². The highest BCUT2D eigenvalue weighted by atomic mass is 16.7. The first-order valence-corrected chi connectivity index (χ1v) is 4.67. The summed E-state index contributed by atoms with van der Waals surface area (Å²) >= 11 is 0. The van der Waals surface area contributed by atoms with Gasteiger partial charge in [-0.2, -0.15) is 0 Å². The van der Waals surface area contributed by atoms with Crippen molar-refractivity contribution in [1.29, 1.82) is 0 Å². The van der Waals surface area contributed by atoms with Crippen molar-refractivity contribution in [3.05, 3.63) is 29.8 Å². The second-order valence-electron chi connectivity index (χ2n) is 3.08. The molecule has 1 rings (SSSR count). The van der Waals surface area contributed by atoms with Crippen molar-refractivity contribution < 1.29 is 24.2 Å². The highest BCUT2D eigenvalue weighted by Gasteiger charge is 2.06. The third kappa shape index (κ3) is 4.10. The number of carbonyl (C=O) groups excluding carboxylic acids is 1. The molecule has 1 aromatic rings. The van der Waals surface area contributed by atoms with Crippen LogP contribution in [0.3, 0.4) is 0 Å². The van der Waals surface area contributed by atoms with Crippen LogP contribution in [0.15, 0.2) is 24.3 Å². The molecule has 0 saturated heterocycles. The topological polar surface area (TPSA) is 72.8 Å². The average molecular weight is 224 g/mol. The molecular formula is C11H12O5. The molecule has 0 aliphatic heterocycles. The minimum absolute atomic E-state index is 0.422. The van der Waals surface area contributed by atoms with Crippen molar-refractivity contribution >= 4 is 12.3 Å². The van der Waals surface area contributed by atoms with Gasteiger partial charge in [-0.05, 0) is 19.1 Å². The van der Waals surface area contributed by atoms with E-state index in [2.05, 4.69) is 0 Å². The lowest BCUT2D eigenvalue weighted by molar-refractivity contribution is -0.151. The smallest absolute Gasteiger partial charge is 0.329 e. The lowest BCUT2D eigenvalue weighted by atomic mass is 10.2. The highest BCUT2D eigenvalue weighted by molar-refractivity contribution is 5.75. The second kappa shape index (κ2) is 5.87. The van der Waals surface area contributed by atoms with E-state index in [1.54, 1.807) is 31.2 Å². The summed E-state index contributed by atoms with van der Waals surface area (Å²) in [6.07, 6.45) is 0.0216. The molecule has 16 heavy (non-hydrogen) atoms. The summed E-state index contributed by atoms with van der Waals surface area (Å²) in [4.78, 5) is 20.7. The fraction of sp³-hybridized carbons (Fsp3) is 0.273. The minimum Gasteiger partial charge on any atom is -0.480 e. The number of carboxylic acids is 1. The Hall–Kier alpha value is -1.88. The number of aliphatic carboxylic acids is 1. The van der Waals surface area contributed by atoms with Crippen LogP contribution in [0.25, 0.3) is 0 Å². The maximum Gasteiger partial charge on any atom is 0.329 e. The van der Waals surface area contributed by atoms with Crippen molar-refractivity contribution in [1.82, 2.24) is 0 Å². The molecular weight excluding hydrogens is 212 g/mol. The highest BCUT2D eigenvalue weighted by Crippen LogP contribution is 2.14. The zero-order valence-electron chi connectivity index (χ0n) is 8.75. The van der Waals surface area contributed by atoms with Gasteiger partial charge in [-0.1, -0.05) is 12.1 Å². The predicted molar refractivity (Wildman–Crippen MR) is 55.5 cm³/mol. The number of carboxylic acid groups (broad SMARTS) is 1. The normalized spacial score (nSPS) is 11.8. The van der Waals surface area contributed by atoms with E-state index >= 15 is 0 Å². The van der Waals surface area contributed by atoms with Crippen LogP contribution in [-0.2, 0) is 9.53 Å². The summed E-state index contributed by atoms with van der Waals surface area (Å²) in [5.74, 6) is -0.598. The van der Waals surface area contributed by atoms with Gasteiger partial charge < -0.3 is 14.6 Å². The first-order chi connectivity index (χ1) is 7.61. The van der Waals surface area contributed by atoms with Crippen LogP contribution in [0.1, 0.15) is 17.3 Å². The fourth-order valence-corrected chi connectivity index (χ4v) is 1.08. The molecule has 5 nitrogen and oxygen atoms in total. The molecule has 0 aliphatic carbocycles. The SMILES string of the molecule is CC(OCC(=O)O)Oc1cccc(C=O)c1. The third-order valence-electron chi connectivity index (χ3n) is 1.74. The summed E-state index contributed by atoms with van der Waals surface area (Å²) in [7, 11) is 0. The average Bonchev–Trinajstić information content (AvgIpc) is 2.26. The van der Waals surface area contributed by atoms with Gasteiger partial charge in [0.25, 0.3) is 0 Å². The largest absolute Gasteiger partial charge is 0.480 e. The van der Waals surface area contributed by atoms with Crippen molar-refractivity contribution in [3.63, 3.8) is 0 Å². The molecule has 0 aliphatic rings. The van der Waals surface area contributed by atoms with Crippen LogP contribution in [0.4, 0.5) is 0 Å². The molecule has 0 fully saturated rings. The lowest BCUT2D eigenvalue weighted by Crippen LogP contribution is -2.20. The number of ether oxygens (including phenoxy) is 2. The van der Waals surface area contributed by atoms with Gasteiger partial charge in [0.15, 0.2) is 6.29 Å². The van der Waals surface area contributed by atoms with Crippen molar-refractivity contribution in [3.8, 4) is 5.75 Å². The number of hydrogen-bond acceptors (Lipinski definition) is 4.